The molecule has 1 aromatic heterocycles. The van der Waals surface area contributed by atoms with Crippen molar-refractivity contribution in [3.63, 3.8) is 0 Å². The first-order valence-electron chi connectivity index (χ1n) is 5.95. The highest BCUT2D eigenvalue weighted by molar-refractivity contribution is 5.90. The van der Waals surface area contributed by atoms with Crippen LogP contribution in [0.3, 0.4) is 0 Å². The van der Waals surface area contributed by atoms with E-state index in [9.17, 15) is 9.90 Å². The van der Waals surface area contributed by atoms with Gasteiger partial charge in [0.25, 0.3) is 0 Å². The number of primary amides is 1. The zero-order valence-corrected chi connectivity index (χ0v) is 10.9. The number of nitrogens with zero attached hydrogens (tertiary/aromatic N) is 1. The van der Waals surface area contributed by atoms with E-state index < -0.39 is 5.91 Å². The molecule has 1 heterocycles. The Labute approximate surface area is 111 Å². The van der Waals surface area contributed by atoms with Gasteiger partial charge in [-0.15, -0.1) is 0 Å². The van der Waals surface area contributed by atoms with Gasteiger partial charge in [-0.05, 0) is 43.7 Å². The topological polar surface area (TPSA) is 68.2 Å². The maximum absolute atomic E-state index is 10.8. The molecule has 4 nitrogen and oxygen atoms in total. The summed E-state index contributed by atoms with van der Waals surface area (Å²) in [5, 5.41) is 9.93. The molecule has 0 aliphatic carbocycles. The van der Waals surface area contributed by atoms with E-state index >= 15 is 0 Å². The summed E-state index contributed by atoms with van der Waals surface area (Å²) in [4.78, 5) is 10.8. The Morgan fingerprint density at radius 3 is 2.63 bits per heavy atom. The number of hydrogen-bond acceptors (Lipinski definition) is 2. The Balaban J connectivity index is 2.54. The fourth-order valence-electron chi connectivity index (χ4n) is 2.15. The standard InChI is InChI=1S/C15H16N2O2/c1-10-9-12(7-8-15(16)19)11(2)17(10)13-5-3-4-6-14(13)18/h3-9,18H,1-2H3,(H2,16,19)/b8-7+. The molecule has 0 radical (unpaired) electrons. The number of para-hydroxylation sites is 2. The fraction of sp³-hybridized carbons (Fsp3) is 0.133. The van der Waals surface area contributed by atoms with Gasteiger partial charge in [-0.2, -0.15) is 0 Å². The molecule has 0 unspecified atom stereocenters. The van der Waals surface area contributed by atoms with Crippen molar-refractivity contribution in [1.29, 1.82) is 0 Å². The van der Waals surface area contributed by atoms with Crippen molar-refractivity contribution < 1.29 is 9.90 Å². The summed E-state index contributed by atoms with van der Waals surface area (Å²) in [7, 11) is 0. The van der Waals surface area contributed by atoms with Gasteiger partial charge in [0.1, 0.15) is 5.75 Å². The molecule has 1 amide bonds. The average Bonchev–Trinajstić information content (AvgIpc) is 2.63. The second-order valence-electron chi connectivity index (χ2n) is 4.39. The fourth-order valence-corrected chi connectivity index (χ4v) is 2.15. The first-order chi connectivity index (χ1) is 9.00. The Bertz CT molecular complexity index is 654. The first kappa shape index (κ1) is 13.0. The van der Waals surface area contributed by atoms with Gasteiger partial charge in [0.05, 0.1) is 5.69 Å². The summed E-state index contributed by atoms with van der Waals surface area (Å²) in [5.74, 6) is -0.262. The third kappa shape index (κ3) is 2.52. The van der Waals surface area contributed by atoms with Crippen LogP contribution < -0.4 is 5.73 Å². The van der Waals surface area contributed by atoms with E-state index in [0.29, 0.717) is 0 Å². The number of aromatic nitrogens is 1. The maximum Gasteiger partial charge on any atom is 0.241 e. The number of hydrogen-bond donors (Lipinski definition) is 2. The minimum Gasteiger partial charge on any atom is -0.506 e. The molecule has 0 spiro atoms. The third-order valence-corrected chi connectivity index (χ3v) is 3.02. The Hall–Kier alpha value is -2.49. The lowest BCUT2D eigenvalue weighted by Gasteiger charge is -2.11. The number of aromatic hydroxyl groups is 1. The van der Waals surface area contributed by atoms with Crippen molar-refractivity contribution >= 4 is 12.0 Å². The number of phenolic OH excluding ortho intramolecular Hbond substituents is 1. The summed E-state index contributed by atoms with van der Waals surface area (Å²) in [6, 6.07) is 9.08. The normalized spacial score (nSPS) is 11.1. The molecule has 0 fully saturated rings. The van der Waals surface area contributed by atoms with Crippen molar-refractivity contribution in [1.82, 2.24) is 4.57 Å². The van der Waals surface area contributed by atoms with Crippen molar-refractivity contribution in [2.45, 2.75) is 13.8 Å². The lowest BCUT2D eigenvalue weighted by molar-refractivity contribution is -0.113. The van der Waals surface area contributed by atoms with E-state index in [1.54, 1.807) is 18.2 Å². The highest BCUT2D eigenvalue weighted by Gasteiger charge is 2.11. The van der Waals surface area contributed by atoms with Crippen LogP contribution in [0.25, 0.3) is 11.8 Å². The molecule has 2 rings (SSSR count). The molecule has 0 aliphatic rings. The van der Waals surface area contributed by atoms with Gasteiger partial charge in [-0.25, -0.2) is 0 Å². The third-order valence-electron chi connectivity index (χ3n) is 3.02. The predicted molar refractivity (Wildman–Crippen MR) is 75.1 cm³/mol. The van der Waals surface area contributed by atoms with Gasteiger partial charge in [0, 0.05) is 17.5 Å². The van der Waals surface area contributed by atoms with Crippen molar-refractivity contribution in [2.24, 2.45) is 5.73 Å². The first-order valence-corrected chi connectivity index (χ1v) is 5.95. The minimum atomic E-state index is -0.479. The van der Waals surface area contributed by atoms with E-state index in [4.69, 9.17) is 5.73 Å². The summed E-state index contributed by atoms with van der Waals surface area (Å²) in [6.07, 6.45) is 3.01. The molecule has 0 aliphatic heterocycles. The smallest absolute Gasteiger partial charge is 0.241 e. The van der Waals surface area contributed by atoms with E-state index in [2.05, 4.69) is 0 Å². The maximum atomic E-state index is 10.8. The lowest BCUT2D eigenvalue weighted by atomic mass is 10.2. The molecule has 4 heteroatoms. The second-order valence-corrected chi connectivity index (χ2v) is 4.39. The van der Waals surface area contributed by atoms with Crippen molar-refractivity contribution in [2.75, 3.05) is 0 Å². The summed E-state index contributed by atoms with van der Waals surface area (Å²) in [6.45, 7) is 3.88. The number of carbonyl (C=O) groups excluding carboxylic acids is 1. The highest BCUT2D eigenvalue weighted by Crippen LogP contribution is 2.27. The molecule has 0 saturated heterocycles. The minimum absolute atomic E-state index is 0.217. The number of phenols is 1. The second kappa shape index (κ2) is 5.02. The van der Waals surface area contributed by atoms with Gasteiger partial charge in [0.15, 0.2) is 0 Å². The Kier molecular flexibility index (Phi) is 3.42. The van der Waals surface area contributed by atoms with E-state index in [1.807, 2.05) is 36.6 Å². The van der Waals surface area contributed by atoms with Gasteiger partial charge in [-0.3, -0.25) is 4.79 Å². The number of rotatable bonds is 3. The van der Waals surface area contributed by atoms with Crippen molar-refractivity contribution in [3.8, 4) is 11.4 Å². The molecule has 2 aromatic rings. The Morgan fingerprint density at radius 2 is 2.00 bits per heavy atom. The Morgan fingerprint density at radius 1 is 1.32 bits per heavy atom. The van der Waals surface area contributed by atoms with Crippen LogP contribution in [-0.4, -0.2) is 15.6 Å². The number of carbonyl (C=O) groups is 1. The average molecular weight is 256 g/mol. The number of aryl methyl sites for hydroxylation is 1. The number of amides is 1. The monoisotopic (exact) mass is 256 g/mol. The predicted octanol–water partition coefficient (Wildman–Crippen LogP) is 2.30. The van der Waals surface area contributed by atoms with E-state index in [1.165, 1.54) is 6.08 Å². The van der Waals surface area contributed by atoms with Crippen LogP contribution in [0.4, 0.5) is 0 Å². The molecule has 1 aromatic carbocycles. The van der Waals surface area contributed by atoms with Crippen LogP contribution in [0.15, 0.2) is 36.4 Å². The molecule has 19 heavy (non-hydrogen) atoms. The van der Waals surface area contributed by atoms with Gasteiger partial charge in [-0.1, -0.05) is 12.1 Å². The largest absolute Gasteiger partial charge is 0.506 e. The van der Waals surface area contributed by atoms with Gasteiger partial charge >= 0.3 is 0 Å². The SMILES string of the molecule is Cc1cc(/C=C/C(N)=O)c(C)n1-c1ccccc1O. The molecule has 0 saturated carbocycles. The van der Waals surface area contributed by atoms with Gasteiger partial charge in [0.2, 0.25) is 5.91 Å². The van der Waals surface area contributed by atoms with Gasteiger partial charge < -0.3 is 15.4 Å². The van der Waals surface area contributed by atoms with Crippen LogP contribution in [0, 0.1) is 13.8 Å². The van der Waals surface area contributed by atoms with Crippen molar-refractivity contribution in [3.05, 3.63) is 53.4 Å². The number of nitrogens with two attached hydrogens (primary N) is 1. The number of benzene rings is 1. The highest BCUT2D eigenvalue weighted by atomic mass is 16.3. The van der Waals surface area contributed by atoms with E-state index in [-0.39, 0.29) is 5.75 Å². The van der Waals surface area contributed by atoms with Crippen LogP contribution in [-0.2, 0) is 4.79 Å². The van der Waals surface area contributed by atoms with Crippen LogP contribution in [0.1, 0.15) is 17.0 Å². The van der Waals surface area contributed by atoms with E-state index in [0.717, 1.165) is 22.6 Å². The van der Waals surface area contributed by atoms with Crippen LogP contribution in [0.2, 0.25) is 0 Å². The zero-order chi connectivity index (χ0) is 14.0. The molecular weight excluding hydrogens is 240 g/mol. The molecule has 98 valence electrons. The molecular formula is C15H16N2O2. The summed E-state index contributed by atoms with van der Waals surface area (Å²) >= 11 is 0. The molecule has 0 atom stereocenters. The molecule has 3 N–H and O–H groups in total. The zero-order valence-electron chi connectivity index (χ0n) is 10.9. The lowest BCUT2D eigenvalue weighted by Crippen LogP contribution is -2.05. The van der Waals surface area contributed by atoms with Crippen LogP contribution in [0.5, 0.6) is 5.75 Å². The molecule has 0 bridgehead atoms. The quantitative estimate of drug-likeness (QED) is 0.827. The van der Waals surface area contributed by atoms with Crippen LogP contribution >= 0.6 is 0 Å². The summed E-state index contributed by atoms with van der Waals surface area (Å²) in [5.41, 5.74) is 8.64. The summed E-state index contributed by atoms with van der Waals surface area (Å²) < 4.78 is 1.94.